The van der Waals surface area contributed by atoms with Crippen LogP contribution in [-0.4, -0.2) is 16.7 Å². The van der Waals surface area contributed by atoms with Crippen LogP contribution in [0.3, 0.4) is 0 Å². The summed E-state index contributed by atoms with van der Waals surface area (Å²) >= 11 is 0. The van der Waals surface area contributed by atoms with Crippen LogP contribution in [0.4, 0.5) is 4.79 Å². The molecule has 0 aromatic heterocycles. The smallest absolute Gasteiger partial charge is 1.00 e. The molecule has 0 atom stereocenters. The van der Waals surface area contributed by atoms with Gasteiger partial charge in [-0.1, -0.05) is 0 Å². The predicted molar refractivity (Wildman–Crippen MR) is 21.9 cm³/mol. The first-order chi connectivity index (χ1) is 1.73. The van der Waals surface area contributed by atoms with E-state index in [2.05, 4.69) is 0 Å². The molecule has 0 aliphatic carbocycles. The summed E-state index contributed by atoms with van der Waals surface area (Å²) in [4.78, 5) is 8.44. The first kappa shape index (κ1) is 46.7. The molecule has 56 valence electrons. The van der Waals surface area contributed by atoms with Gasteiger partial charge in [-0.3, -0.25) is 0 Å². The summed E-state index contributed by atoms with van der Waals surface area (Å²) in [7, 11) is 0. The molecule has 9 heavy (non-hydrogen) atoms. The van der Waals surface area contributed by atoms with Crippen LogP contribution in [0, 0.1) is 0 Å². The molecule has 0 aliphatic heterocycles. The fraction of sp³-hybridized carbons (Fsp3) is 0. The molecular weight excluding hydrogens is 270 g/mol. The van der Waals surface area contributed by atoms with Gasteiger partial charge in [-0.25, -0.2) is 0 Å². The first-order valence-corrected chi connectivity index (χ1v) is 0.632. The molecule has 0 aromatic carbocycles. The molecule has 0 spiro atoms. The molecule has 6 nitrogen and oxygen atoms in total. The SMILES string of the molecule is O=C([O-])O.[I-].[K+].[NH4+].[NH4+].[OH-]. The van der Waals surface area contributed by atoms with Crippen molar-refractivity contribution in [1.29, 1.82) is 0 Å². The number of halogens is 1. The zero-order valence-corrected chi connectivity index (χ0v) is 10.9. The Kier molecular flexibility index (Phi) is 176. The molecule has 0 saturated heterocycles. The van der Waals surface area contributed by atoms with Crippen LogP contribution >= 0.6 is 0 Å². The standard InChI is InChI=1S/CH2O3.HI.K.2H3N.H2O/c2-1(3)4;;;;;/h(H2,2,3,4);1H;;2*1H3;1H2/q;;+1;;;/p-1. The number of quaternary nitrogens is 2. The van der Waals surface area contributed by atoms with E-state index in [1.54, 1.807) is 0 Å². The molecule has 0 unspecified atom stereocenters. The Morgan fingerprint density at radius 1 is 1.33 bits per heavy atom. The second-order valence-corrected chi connectivity index (χ2v) is 0.266. The van der Waals surface area contributed by atoms with E-state index in [-0.39, 0.29) is 93.1 Å². The van der Waals surface area contributed by atoms with Crippen LogP contribution in [0.5, 0.6) is 0 Å². The molecule has 0 bridgehead atoms. The topological polar surface area (TPSA) is 163 Å². The van der Waals surface area contributed by atoms with Gasteiger partial charge in [0.15, 0.2) is 0 Å². The molecule has 0 aromatic rings. The molecule has 0 amide bonds. The van der Waals surface area contributed by atoms with Crippen LogP contribution in [0.2, 0.25) is 0 Å². The van der Waals surface area contributed by atoms with Gasteiger partial charge >= 0.3 is 51.4 Å². The van der Waals surface area contributed by atoms with Gasteiger partial charge in [-0.05, 0) is 0 Å². The summed E-state index contributed by atoms with van der Waals surface area (Å²) in [6.07, 6.45) is -2.08. The van der Waals surface area contributed by atoms with Gasteiger partial charge in [0.05, 0.1) is 0 Å². The van der Waals surface area contributed by atoms with Crippen molar-refractivity contribution < 1.29 is 95.8 Å². The van der Waals surface area contributed by atoms with E-state index in [1.165, 1.54) is 0 Å². The summed E-state index contributed by atoms with van der Waals surface area (Å²) in [5.74, 6) is 0. The van der Waals surface area contributed by atoms with Gasteiger partial charge in [0.2, 0.25) is 6.16 Å². The fourth-order valence-corrected chi connectivity index (χ4v) is 0. The van der Waals surface area contributed by atoms with Gasteiger partial charge in [-0.2, -0.15) is 0 Å². The third-order valence-corrected chi connectivity index (χ3v) is 0. The fourth-order valence-electron chi connectivity index (χ4n) is 0. The Balaban J connectivity index is -0.00000000450. The molecule has 0 heterocycles. The van der Waals surface area contributed by atoms with Crippen molar-refractivity contribution >= 4 is 6.16 Å². The average Bonchev–Trinajstić information content (AvgIpc) is 0.811. The molecule has 10 N–H and O–H groups in total. The number of rotatable bonds is 0. The van der Waals surface area contributed by atoms with Crippen molar-refractivity contribution in [2.75, 3.05) is 0 Å². The Morgan fingerprint density at radius 2 is 1.33 bits per heavy atom. The molecule has 0 aliphatic rings. The maximum atomic E-state index is 8.44. The summed E-state index contributed by atoms with van der Waals surface area (Å²) < 4.78 is 0. The molecule has 0 rings (SSSR count). The maximum absolute atomic E-state index is 8.44. The molecule has 0 radical (unpaired) electrons. The van der Waals surface area contributed by atoms with Gasteiger partial charge in [0, 0.05) is 0 Å². The van der Waals surface area contributed by atoms with Crippen molar-refractivity contribution in [2.45, 2.75) is 0 Å². The van der Waals surface area contributed by atoms with Crippen LogP contribution in [-0.2, 0) is 0 Å². The van der Waals surface area contributed by atoms with Crippen LogP contribution in [0.25, 0.3) is 0 Å². The van der Waals surface area contributed by atoms with E-state index < -0.39 is 6.16 Å². The summed E-state index contributed by atoms with van der Waals surface area (Å²) in [6, 6.07) is 0. The molecular formula is CH10IKN2O4. The number of hydrogen-bond donors (Lipinski definition) is 3. The Labute approximate surface area is 112 Å². The van der Waals surface area contributed by atoms with Crippen molar-refractivity contribution in [3.63, 3.8) is 0 Å². The van der Waals surface area contributed by atoms with Crippen LogP contribution < -0.4 is 92.8 Å². The maximum Gasteiger partial charge on any atom is 1.00 e. The monoisotopic (exact) mass is 280 g/mol. The van der Waals surface area contributed by atoms with E-state index in [0.29, 0.717) is 0 Å². The second kappa shape index (κ2) is 33.8. The zero-order chi connectivity index (χ0) is 3.58. The van der Waals surface area contributed by atoms with E-state index in [4.69, 9.17) is 15.0 Å². The van der Waals surface area contributed by atoms with Gasteiger partial charge in [-0.15, -0.1) is 0 Å². The van der Waals surface area contributed by atoms with E-state index in [1.807, 2.05) is 0 Å². The van der Waals surface area contributed by atoms with E-state index in [0.717, 1.165) is 0 Å². The first-order valence-electron chi connectivity index (χ1n) is 0.632. The summed E-state index contributed by atoms with van der Waals surface area (Å²) in [5.41, 5.74) is 0. The van der Waals surface area contributed by atoms with Crippen molar-refractivity contribution in [3.05, 3.63) is 0 Å². The Bertz CT molecular complexity index is 41.5. The number of carboxylic acid groups (broad SMARTS) is 2. The predicted octanol–water partition coefficient (Wildman–Crippen LogP) is -6.53. The van der Waals surface area contributed by atoms with Crippen molar-refractivity contribution in [2.24, 2.45) is 0 Å². The van der Waals surface area contributed by atoms with Crippen molar-refractivity contribution in [3.8, 4) is 0 Å². The average molecular weight is 280 g/mol. The zero-order valence-electron chi connectivity index (χ0n) is 5.59. The minimum atomic E-state index is -2.08. The number of carbonyl (C=O) groups is 1. The summed E-state index contributed by atoms with van der Waals surface area (Å²) in [5, 5.41) is 15.3. The summed E-state index contributed by atoms with van der Waals surface area (Å²) in [6.45, 7) is 0. The van der Waals surface area contributed by atoms with Gasteiger partial charge in [0.1, 0.15) is 0 Å². The molecule has 0 saturated carbocycles. The molecule has 8 heteroatoms. The quantitative estimate of drug-likeness (QED) is 0.297. The van der Waals surface area contributed by atoms with Gasteiger partial charge < -0.3 is 56.8 Å². The largest absolute Gasteiger partial charge is 1.00 e. The third-order valence-electron chi connectivity index (χ3n) is 0. The van der Waals surface area contributed by atoms with Gasteiger partial charge in [0.25, 0.3) is 0 Å². The van der Waals surface area contributed by atoms with E-state index in [9.17, 15) is 0 Å². The third kappa shape index (κ3) is 234. The molecule has 0 fully saturated rings. The normalized spacial score (nSPS) is 2.67. The van der Waals surface area contributed by atoms with Crippen molar-refractivity contribution in [1.82, 2.24) is 12.3 Å². The van der Waals surface area contributed by atoms with Crippen LogP contribution in [0.15, 0.2) is 0 Å². The van der Waals surface area contributed by atoms with Crippen LogP contribution in [0.1, 0.15) is 0 Å². The number of hydrogen-bond acceptors (Lipinski definition) is 3. The Hall–Kier alpha value is 1.52. The minimum absolute atomic E-state index is 0. The minimum Gasteiger partial charge on any atom is -1.00 e. The second-order valence-electron chi connectivity index (χ2n) is 0.266. The Morgan fingerprint density at radius 3 is 1.33 bits per heavy atom. The van der Waals surface area contributed by atoms with E-state index >= 15 is 0 Å².